The molecular formula is C20H20F2N2O2S. The Hall–Kier alpha value is -2.41. The van der Waals surface area contributed by atoms with Crippen molar-refractivity contribution >= 4 is 23.2 Å². The average Bonchev–Trinajstić information content (AvgIpc) is 2.70. The van der Waals surface area contributed by atoms with Crippen molar-refractivity contribution < 1.29 is 18.3 Å². The summed E-state index contributed by atoms with van der Waals surface area (Å²) in [7, 11) is 1.74. The van der Waals surface area contributed by atoms with Crippen molar-refractivity contribution in [2.24, 2.45) is 0 Å². The zero-order valence-corrected chi connectivity index (χ0v) is 15.7. The number of likely N-dealkylation sites (N-methyl/N-ethyl adjacent to an activating group) is 1. The summed E-state index contributed by atoms with van der Waals surface area (Å²) in [6.07, 6.45) is 5.99. The average molecular weight is 390 g/mol. The van der Waals surface area contributed by atoms with E-state index in [1.807, 2.05) is 12.1 Å². The number of aromatic nitrogens is 1. The van der Waals surface area contributed by atoms with Gasteiger partial charge < -0.3 is 10.1 Å². The fraction of sp³-hybridized carbons (Fsp3) is 0.350. The van der Waals surface area contributed by atoms with E-state index in [0.717, 1.165) is 30.5 Å². The molecule has 2 atom stereocenters. The van der Waals surface area contributed by atoms with Crippen LogP contribution in [0.15, 0.2) is 42.7 Å². The highest BCUT2D eigenvalue weighted by Crippen LogP contribution is 2.42. The van der Waals surface area contributed by atoms with E-state index in [1.54, 1.807) is 19.4 Å². The van der Waals surface area contributed by atoms with Gasteiger partial charge in [0.25, 0.3) is 0 Å². The number of carbonyl (C=O) groups is 1. The van der Waals surface area contributed by atoms with Gasteiger partial charge in [0.1, 0.15) is 6.10 Å². The molecule has 1 fully saturated rings. The van der Waals surface area contributed by atoms with Crippen LogP contribution in [0, 0.1) is 11.6 Å². The Bertz CT molecular complexity index is 847. The fourth-order valence-electron chi connectivity index (χ4n) is 3.69. The first-order valence-electron chi connectivity index (χ1n) is 8.77. The van der Waals surface area contributed by atoms with Crippen LogP contribution in [-0.2, 0) is 10.2 Å². The lowest BCUT2D eigenvalue weighted by molar-refractivity contribution is 0.00425. The number of ether oxygens (including phenoxy) is 1. The number of carbonyl (C=O) groups excluding carboxylic acids is 1. The highest BCUT2D eigenvalue weighted by molar-refractivity contribution is 7.80. The molecule has 1 aromatic heterocycles. The van der Waals surface area contributed by atoms with E-state index in [9.17, 15) is 13.6 Å². The second-order valence-corrected chi connectivity index (χ2v) is 6.97. The molecule has 1 saturated carbocycles. The number of hydrogen-bond acceptors (Lipinski definition) is 4. The molecule has 0 spiro atoms. The Morgan fingerprint density at radius 1 is 1.30 bits per heavy atom. The third kappa shape index (κ3) is 3.69. The number of nitrogens with zero attached hydrogens (tertiary/aromatic N) is 1. The standard InChI is InChI=1S/C20H20F2N2O2S/c1-23-19(27)20(14-5-4-10-24-12-14)9-3-2-6-17(20)26-18(25)13-7-8-15(21)16(22)11-13/h4-5,7-8,10-12,17H,2-3,6,9H2,1H3,(H,23,27)/t17-,20+/m1/s1. The Morgan fingerprint density at radius 2 is 2.11 bits per heavy atom. The van der Waals surface area contributed by atoms with Crippen molar-refractivity contribution in [2.75, 3.05) is 7.05 Å². The topological polar surface area (TPSA) is 51.2 Å². The molecule has 1 heterocycles. The first-order chi connectivity index (χ1) is 13.0. The van der Waals surface area contributed by atoms with Crippen LogP contribution in [0.3, 0.4) is 0 Å². The molecule has 1 aliphatic rings. The molecule has 0 amide bonds. The van der Waals surface area contributed by atoms with Gasteiger partial charge in [-0.3, -0.25) is 4.98 Å². The summed E-state index contributed by atoms with van der Waals surface area (Å²) in [5, 5.41) is 3.04. The molecule has 27 heavy (non-hydrogen) atoms. The Balaban J connectivity index is 1.96. The normalized spacial score (nSPS) is 22.1. The van der Waals surface area contributed by atoms with E-state index in [2.05, 4.69) is 10.3 Å². The van der Waals surface area contributed by atoms with Crippen molar-refractivity contribution in [1.82, 2.24) is 10.3 Å². The summed E-state index contributed by atoms with van der Waals surface area (Å²) in [4.78, 5) is 17.4. The summed E-state index contributed by atoms with van der Waals surface area (Å²) < 4.78 is 32.4. The van der Waals surface area contributed by atoms with Gasteiger partial charge in [0.05, 0.1) is 16.0 Å². The first-order valence-corrected chi connectivity index (χ1v) is 9.18. The summed E-state index contributed by atoms with van der Waals surface area (Å²) in [6, 6.07) is 6.71. The predicted octanol–water partition coefficient (Wildman–Crippen LogP) is 3.94. The summed E-state index contributed by atoms with van der Waals surface area (Å²) in [6.45, 7) is 0. The van der Waals surface area contributed by atoms with Gasteiger partial charge in [0.15, 0.2) is 11.6 Å². The van der Waals surface area contributed by atoms with E-state index in [1.165, 1.54) is 6.07 Å². The Labute approximate surface area is 162 Å². The van der Waals surface area contributed by atoms with Crippen molar-refractivity contribution in [3.8, 4) is 0 Å². The van der Waals surface area contributed by atoms with E-state index in [4.69, 9.17) is 17.0 Å². The van der Waals surface area contributed by atoms with Gasteiger partial charge in [-0.05, 0) is 49.1 Å². The first kappa shape index (κ1) is 19.4. The van der Waals surface area contributed by atoms with Gasteiger partial charge in [-0.1, -0.05) is 24.7 Å². The van der Waals surface area contributed by atoms with Crippen LogP contribution in [0.2, 0.25) is 0 Å². The third-order valence-corrected chi connectivity index (χ3v) is 5.62. The minimum Gasteiger partial charge on any atom is -0.457 e. The number of nitrogens with one attached hydrogen (secondary N) is 1. The lowest BCUT2D eigenvalue weighted by Gasteiger charge is -2.43. The largest absolute Gasteiger partial charge is 0.457 e. The van der Waals surface area contributed by atoms with E-state index < -0.39 is 29.1 Å². The summed E-state index contributed by atoms with van der Waals surface area (Å²) in [5.41, 5.74) is 0.132. The number of thiocarbonyl (C=S) groups is 1. The van der Waals surface area contributed by atoms with Crippen molar-refractivity contribution in [1.29, 1.82) is 0 Å². The molecule has 0 bridgehead atoms. The van der Waals surface area contributed by atoms with Crippen molar-refractivity contribution in [3.63, 3.8) is 0 Å². The number of hydrogen-bond donors (Lipinski definition) is 1. The maximum atomic E-state index is 13.5. The highest BCUT2D eigenvalue weighted by atomic mass is 32.1. The van der Waals surface area contributed by atoms with Gasteiger partial charge >= 0.3 is 5.97 Å². The SMILES string of the molecule is CNC(=S)[C@]1(c2cccnc2)CCCC[C@H]1OC(=O)c1ccc(F)c(F)c1. The minimum absolute atomic E-state index is 0.0325. The van der Waals surface area contributed by atoms with Crippen LogP contribution < -0.4 is 5.32 Å². The van der Waals surface area contributed by atoms with Gasteiger partial charge in [0, 0.05) is 19.4 Å². The second kappa shape index (κ2) is 8.08. The molecule has 4 nitrogen and oxygen atoms in total. The third-order valence-electron chi connectivity index (χ3n) is 5.05. The number of benzene rings is 1. The molecule has 3 rings (SSSR count). The number of halogens is 2. The molecule has 2 aromatic rings. The number of esters is 1. The molecule has 0 unspecified atom stereocenters. The molecule has 1 aliphatic carbocycles. The quantitative estimate of drug-likeness (QED) is 0.633. The summed E-state index contributed by atoms with van der Waals surface area (Å²) >= 11 is 5.61. The van der Waals surface area contributed by atoms with Crippen LogP contribution in [0.5, 0.6) is 0 Å². The lowest BCUT2D eigenvalue weighted by Crippen LogP contribution is -2.53. The zero-order chi connectivity index (χ0) is 19.4. The van der Waals surface area contributed by atoms with Crippen LogP contribution in [-0.4, -0.2) is 29.1 Å². The number of pyridine rings is 1. The van der Waals surface area contributed by atoms with E-state index in [-0.39, 0.29) is 5.56 Å². The Morgan fingerprint density at radius 3 is 2.78 bits per heavy atom. The van der Waals surface area contributed by atoms with Crippen LogP contribution >= 0.6 is 12.2 Å². The molecule has 0 aliphatic heterocycles. The zero-order valence-electron chi connectivity index (χ0n) is 14.9. The lowest BCUT2D eigenvalue weighted by atomic mass is 9.67. The molecular weight excluding hydrogens is 370 g/mol. The maximum Gasteiger partial charge on any atom is 0.338 e. The van der Waals surface area contributed by atoms with Crippen LogP contribution in [0.25, 0.3) is 0 Å². The fourth-order valence-corrected chi connectivity index (χ4v) is 4.04. The predicted molar refractivity (Wildman–Crippen MR) is 102 cm³/mol. The van der Waals surface area contributed by atoms with Crippen molar-refractivity contribution in [3.05, 3.63) is 65.5 Å². The van der Waals surface area contributed by atoms with Gasteiger partial charge in [-0.15, -0.1) is 0 Å². The molecule has 7 heteroatoms. The van der Waals surface area contributed by atoms with Crippen LogP contribution in [0.4, 0.5) is 8.78 Å². The van der Waals surface area contributed by atoms with E-state index in [0.29, 0.717) is 17.8 Å². The van der Waals surface area contributed by atoms with Gasteiger partial charge in [0.2, 0.25) is 0 Å². The van der Waals surface area contributed by atoms with E-state index >= 15 is 0 Å². The molecule has 0 radical (unpaired) electrons. The smallest absolute Gasteiger partial charge is 0.338 e. The minimum atomic E-state index is -1.09. The van der Waals surface area contributed by atoms with Crippen LogP contribution in [0.1, 0.15) is 41.6 Å². The highest BCUT2D eigenvalue weighted by Gasteiger charge is 2.48. The molecule has 0 saturated heterocycles. The van der Waals surface area contributed by atoms with Gasteiger partial charge in [-0.25, -0.2) is 13.6 Å². The Kier molecular flexibility index (Phi) is 5.79. The maximum absolute atomic E-state index is 13.5. The van der Waals surface area contributed by atoms with Gasteiger partial charge in [-0.2, -0.15) is 0 Å². The molecule has 1 N–H and O–H groups in total. The number of rotatable bonds is 4. The molecule has 142 valence electrons. The second-order valence-electron chi connectivity index (χ2n) is 6.56. The summed E-state index contributed by atoms with van der Waals surface area (Å²) in [5.74, 6) is -2.80. The molecule has 1 aromatic carbocycles. The monoisotopic (exact) mass is 390 g/mol. The van der Waals surface area contributed by atoms with Crippen molar-refractivity contribution in [2.45, 2.75) is 37.2 Å².